The van der Waals surface area contributed by atoms with Crippen molar-refractivity contribution in [3.05, 3.63) is 136 Å². The number of carbonyl (C=O) groups is 1. The van der Waals surface area contributed by atoms with E-state index < -0.39 is 10.7 Å². The molecule has 0 spiro atoms. The van der Waals surface area contributed by atoms with Crippen LogP contribution in [0.4, 0.5) is 15.8 Å². The average Bonchev–Trinajstić information content (AvgIpc) is 3.48. The van der Waals surface area contributed by atoms with Crippen molar-refractivity contribution in [2.75, 3.05) is 11.9 Å². The van der Waals surface area contributed by atoms with E-state index in [0.29, 0.717) is 31.2 Å². The Bertz CT molecular complexity index is 1820. The number of halogens is 1. The van der Waals surface area contributed by atoms with Gasteiger partial charge in [-0.3, -0.25) is 14.9 Å². The van der Waals surface area contributed by atoms with Gasteiger partial charge in [0.05, 0.1) is 23.4 Å². The first-order valence-electron chi connectivity index (χ1n) is 15.1. The number of thiocarbonyl (C=S) groups is 1. The number of anilines is 1. The molecule has 0 bridgehead atoms. The minimum atomic E-state index is -0.435. The lowest BCUT2D eigenvalue weighted by Crippen LogP contribution is -2.47. The van der Waals surface area contributed by atoms with Crippen molar-refractivity contribution in [3.8, 4) is 0 Å². The van der Waals surface area contributed by atoms with Gasteiger partial charge >= 0.3 is 0 Å². The number of benzene rings is 4. The first-order chi connectivity index (χ1) is 22.3. The molecule has 0 aliphatic rings. The maximum absolute atomic E-state index is 14.6. The number of nitro benzene ring substituents is 1. The van der Waals surface area contributed by atoms with Gasteiger partial charge in [-0.05, 0) is 52.7 Å². The van der Waals surface area contributed by atoms with Crippen molar-refractivity contribution in [2.45, 2.75) is 45.3 Å². The summed E-state index contributed by atoms with van der Waals surface area (Å²) < 4.78 is 16.4. The molecular formula is C35H35FN6O3S. The molecule has 0 aliphatic carbocycles. The number of amides is 1. The van der Waals surface area contributed by atoms with Crippen molar-refractivity contribution in [1.29, 1.82) is 0 Å². The van der Waals surface area contributed by atoms with Crippen molar-refractivity contribution < 1.29 is 14.1 Å². The molecule has 2 N–H and O–H groups in total. The highest BCUT2D eigenvalue weighted by Crippen LogP contribution is 2.22. The zero-order chi connectivity index (χ0) is 32.5. The van der Waals surface area contributed by atoms with Gasteiger partial charge in [-0.2, -0.15) is 0 Å². The van der Waals surface area contributed by atoms with E-state index in [4.69, 9.17) is 12.2 Å². The monoisotopic (exact) mass is 638 g/mol. The highest BCUT2D eigenvalue weighted by Gasteiger charge is 2.21. The van der Waals surface area contributed by atoms with Gasteiger partial charge in [-0.25, -0.2) is 9.37 Å². The van der Waals surface area contributed by atoms with Crippen LogP contribution in [0.3, 0.4) is 0 Å². The van der Waals surface area contributed by atoms with Crippen LogP contribution in [-0.4, -0.2) is 43.0 Å². The molecule has 0 fully saturated rings. The third-order valence-electron chi connectivity index (χ3n) is 7.73. The number of hydrogen-bond acceptors (Lipinski definition) is 5. The molecule has 1 heterocycles. The van der Waals surface area contributed by atoms with E-state index in [1.165, 1.54) is 18.2 Å². The fourth-order valence-corrected chi connectivity index (χ4v) is 5.69. The summed E-state index contributed by atoms with van der Waals surface area (Å²) in [7, 11) is 0. The molecule has 4 aromatic carbocycles. The maximum atomic E-state index is 14.6. The predicted molar refractivity (Wildman–Crippen MR) is 182 cm³/mol. The summed E-state index contributed by atoms with van der Waals surface area (Å²) in [4.78, 5) is 30.2. The Morgan fingerprint density at radius 1 is 1.04 bits per heavy atom. The van der Waals surface area contributed by atoms with E-state index in [9.17, 15) is 19.3 Å². The normalized spacial score (nSPS) is 11.6. The van der Waals surface area contributed by atoms with Gasteiger partial charge in [-0.15, -0.1) is 0 Å². The summed E-state index contributed by atoms with van der Waals surface area (Å²) in [5.74, 6) is -0.569. The molecule has 0 radical (unpaired) electrons. The molecule has 236 valence electrons. The molecule has 1 amide bonds. The number of aromatic nitrogens is 2. The highest BCUT2D eigenvalue weighted by molar-refractivity contribution is 7.80. The molecule has 46 heavy (non-hydrogen) atoms. The van der Waals surface area contributed by atoms with Crippen LogP contribution in [0.5, 0.6) is 0 Å². The van der Waals surface area contributed by atoms with E-state index >= 15 is 0 Å². The van der Waals surface area contributed by atoms with Crippen LogP contribution < -0.4 is 10.6 Å². The molecule has 5 aromatic rings. The lowest BCUT2D eigenvalue weighted by Gasteiger charge is -2.31. The molecule has 5 rings (SSSR count). The van der Waals surface area contributed by atoms with Crippen LogP contribution in [-0.2, 0) is 24.3 Å². The molecule has 0 saturated heterocycles. The molecular weight excluding hydrogens is 603 g/mol. The number of imidazole rings is 1. The van der Waals surface area contributed by atoms with E-state index in [-0.39, 0.29) is 29.7 Å². The minimum Gasteiger partial charge on any atom is -0.351 e. The van der Waals surface area contributed by atoms with Crippen LogP contribution in [0.15, 0.2) is 104 Å². The maximum Gasteiger partial charge on any atom is 0.269 e. The highest BCUT2D eigenvalue weighted by atomic mass is 32.1. The Morgan fingerprint density at radius 3 is 2.54 bits per heavy atom. The lowest BCUT2D eigenvalue weighted by atomic mass is 10.0. The number of para-hydroxylation sites is 1. The second-order valence-electron chi connectivity index (χ2n) is 11.1. The number of hydrogen-bond donors (Lipinski definition) is 2. The largest absolute Gasteiger partial charge is 0.351 e. The first kappa shape index (κ1) is 32.2. The molecule has 1 atom stereocenters. The summed E-state index contributed by atoms with van der Waals surface area (Å²) in [5, 5.41) is 19.8. The number of non-ortho nitro benzene ring substituents is 1. The Hall–Kier alpha value is -5.16. The first-order valence-corrected chi connectivity index (χ1v) is 15.5. The Balaban J connectivity index is 1.31. The van der Waals surface area contributed by atoms with Gasteiger partial charge < -0.3 is 20.1 Å². The van der Waals surface area contributed by atoms with Gasteiger partial charge in [-0.1, -0.05) is 80.1 Å². The van der Waals surface area contributed by atoms with E-state index in [1.54, 1.807) is 42.9 Å². The van der Waals surface area contributed by atoms with Crippen LogP contribution in [0, 0.1) is 15.9 Å². The van der Waals surface area contributed by atoms with Gasteiger partial charge in [0.1, 0.15) is 5.82 Å². The molecule has 11 heteroatoms. The number of rotatable bonds is 13. The fourth-order valence-electron chi connectivity index (χ4n) is 5.44. The lowest BCUT2D eigenvalue weighted by molar-refractivity contribution is -0.384. The van der Waals surface area contributed by atoms with Crippen molar-refractivity contribution in [2.24, 2.45) is 0 Å². The summed E-state index contributed by atoms with van der Waals surface area (Å²) in [6.07, 6.45) is 4.95. The average molecular weight is 639 g/mol. The van der Waals surface area contributed by atoms with Crippen LogP contribution >= 0.6 is 12.2 Å². The predicted octanol–water partition coefficient (Wildman–Crippen LogP) is 6.86. The number of nitrogens with zero attached hydrogens (tertiary/aromatic N) is 4. The Morgan fingerprint density at radius 2 is 1.78 bits per heavy atom. The molecule has 1 aromatic heterocycles. The summed E-state index contributed by atoms with van der Waals surface area (Å²) in [5.41, 5.74) is 2.94. The zero-order valence-electron chi connectivity index (χ0n) is 25.4. The number of fused-ring (bicyclic) bond motifs is 1. The summed E-state index contributed by atoms with van der Waals surface area (Å²) in [6.45, 7) is 3.35. The molecule has 1 unspecified atom stereocenters. The fraction of sp³-hybridized carbons (Fsp3) is 0.229. The number of nitro groups is 1. The smallest absolute Gasteiger partial charge is 0.269 e. The Labute approximate surface area is 272 Å². The van der Waals surface area contributed by atoms with Crippen LogP contribution in [0.25, 0.3) is 10.8 Å². The van der Waals surface area contributed by atoms with E-state index in [1.807, 2.05) is 27.7 Å². The minimum absolute atomic E-state index is 0.0222. The second-order valence-corrected chi connectivity index (χ2v) is 11.5. The quantitative estimate of drug-likeness (QED) is 0.0825. The van der Waals surface area contributed by atoms with Crippen molar-refractivity contribution in [3.63, 3.8) is 0 Å². The van der Waals surface area contributed by atoms with Crippen molar-refractivity contribution >= 4 is 45.4 Å². The third-order valence-corrected chi connectivity index (χ3v) is 8.09. The third kappa shape index (κ3) is 8.30. The zero-order valence-corrected chi connectivity index (χ0v) is 26.3. The second kappa shape index (κ2) is 15.2. The van der Waals surface area contributed by atoms with E-state index in [2.05, 4.69) is 46.8 Å². The molecule has 9 nitrogen and oxygen atoms in total. The standard InChI is InChI=1S/C35H35FN6O3S/c1-2-8-28(38-34(43)19-30-20-37-24-41(30)21-25-15-17-29(18-16-25)42(44)45)23-40(35(46)39-33-14-6-5-13-32(33)36)22-27-11-7-10-26-9-3-4-12-31(26)27/h3-7,9-18,20,24,28H,2,8,19,21-23H2,1H3,(H,38,43)(H,39,46). The topological polar surface area (TPSA) is 105 Å². The van der Waals surface area contributed by atoms with Gasteiger partial charge in [0.15, 0.2) is 5.11 Å². The molecule has 0 aliphatic heterocycles. The van der Waals surface area contributed by atoms with Crippen molar-refractivity contribution in [1.82, 2.24) is 19.8 Å². The van der Waals surface area contributed by atoms with Gasteiger partial charge in [0.25, 0.3) is 5.69 Å². The summed E-state index contributed by atoms with van der Waals surface area (Å²) >= 11 is 5.84. The van der Waals surface area contributed by atoms with Crippen LogP contribution in [0.2, 0.25) is 0 Å². The summed E-state index contributed by atoms with van der Waals surface area (Å²) in [6, 6.07) is 26.7. The van der Waals surface area contributed by atoms with E-state index in [0.717, 1.165) is 34.0 Å². The van der Waals surface area contributed by atoms with Gasteiger partial charge in [0.2, 0.25) is 5.91 Å². The van der Waals surface area contributed by atoms with Gasteiger partial charge in [0, 0.05) is 49.7 Å². The SMILES string of the molecule is CCCC(CN(Cc1cccc2ccccc12)C(=S)Nc1ccccc1F)NC(=O)Cc1cncn1Cc1ccc([N+](=O)[O-])cc1. The Kier molecular flexibility index (Phi) is 10.7. The number of nitrogens with one attached hydrogen (secondary N) is 2. The van der Waals surface area contributed by atoms with Crippen LogP contribution in [0.1, 0.15) is 36.6 Å². The number of carbonyl (C=O) groups excluding carboxylic acids is 1. The molecule has 0 saturated carbocycles.